The average Bonchev–Trinajstić information content (AvgIpc) is 2.23. The zero-order chi connectivity index (χ0) is 21.6. The minimum atomic E-state index is -1.12. The molecule has 0 amide bonds. The largest absolute Gasteiger partial charge is 2.00 e. The molecular formula is C18H42O6PbSr2. The third-order valence-electron chi connectivity index (χ3n) is 0.568. The molecule has 0 unspecified atom stereocenters. The van der Waals surface area contributed by atoms with E-state index in [4.69, 9.17) is 5.37 Å². The fourth-order valence-corrected chi connectivity index (χ4v) is 1.93. The van der Waals surface area contributed by atoms with E-state index in [0.717, 1.165) is 0 Å². The maximum Gasteiger partial charge on any atom is 2.00 e. The first-order chi connectivity index (χ1) is 11.1. The summed E-state index contributed by atoms with van der Waals surface area (Å²) >= 11 is -1.12. The van der Waals surface area contributed by atoms with Crippen LogP contribution in [0.15, 0.2) is 0 Å². The predicted octanol–water partition coefficient (Wildman–Crippen LogP) is -0.371. The molecule has 27 heavy (non-hydrogen) atoms. The summed E-state index contributed by atoms with van der Waals surface area (Å²) in [5.41, 5.74) is 0. The van der Waals surface area contributed by atoms with Gasteiger partial charge in [-0.15, -0.1) is 24.4 Å². The normalized spacial score (nSPS) is 9.11. The Bertz CT molecular complexity index is 165. The Hall–Kier alpha value is 3.64. The molecule has 0 aliphatic rings. The molecule has 6 nitrogen and oxygen atoms in total. The van der Waals surface area contributed by atoms with Crippen LogP contribution in [0, 0.1) is 0 Å². The fourth-order valence-electron chi connectivity index (χ4n) is 0.220. The Kier molecular flexibility index (Phi) is 71.4. The second-order valence-corrected chi connectivity index (χ2v) is 9.09. The predicted molar refractivity (Wildman–Crippen MR) is 110 cm³/mol. The number of hydrogen-bond acceptors (Lipinski definition) is 6. The van der Waals surface area contributed by atoms with Gasteiger partial charge in [0.15, 0.2) is 0 Å². The van der Waals surface area contributed by atoms with Crippen LogP contribution in [0.1, 0.15) is 83.1 Å². The zero-order valence-electron chi connectivity index (χ0n) is 19.8. The van der Waals surface area contributed by atoms with Crippen molar-refractivity contribution >= 4 is 116 Å². The van der Waals surface area contributed by atoms with E-state index in [1.54, 1.807) is 55.4 Å². The molecule has 0 heterocycles. The maximum absolute atomic E-state index is 9.53. The van der Waals surface area contributed by atoms with E-state index in [9.17, 15) is 20.4 Å². The molecule has 0 aliphatic carbocycles. The van der Waals surface area contributed by atoms with E-state index >= 15 is 0 Å². The van der Waals surface area contributed by atoms with E-state index in [-0.39, 0.29) is 91.0 Å². The molecule has 0 aromatic heterocycles. The van der Waals surface area contributed by atoms with Crippen LogP contribution in [-0.4, -0.2) is 153 Å². The summed E-state index contributed by atoms with van der Waals surface area (Å²) in [4.78, 5) is 0. The second-order valence-electron chi connectivity index (χ2n) is 6.61. The molecule has 0 N–H and O–H groups in total. The van der Waals surface area contributed by atoms with Crippen molar-refractivity contribution in [3.63, 3.8) is 0 Å². The Morgan fingerprint density at radius 2 is 0.556 bits per heavy atom. The second kappa shape index (κ2) is 40.0. The smallest absolute Gasteiger partial charge is 2.00 e. The van der Waals surface area contributed by atoms with Crippen molar-refractivity contribution in [2.45, 2.75) is 120 Å². The Morgan fingerprint density at radius 3 is 0.630 bits per heavy atom. The first-order valence-electron chi connectivity index (χ1n) is 8.75. The van der Waals surface area contributed by atoms with Crippen LogP contribution in [-0.2, 0) is 5.37 Å². The van der Waals surface area contributed by atoms with Gasteiger partial charge in [0.1, 0.15) is 0 Å². The topological polar surface area (TPSA) is 111 Å². The van der Waals surface area contributed by atoms with E-state index in [2.05, 4.69) is 0 Å². The van der Waals surface area contributed by atoms with Crippen molar-refractivity contribution in [2.75, 3.05) is 0 Å². The summed E-state index contributed by atoms with van der Waals surface area (Å²) in [6.45, 7) is 21.0. The first-order valence-corrected chi connectivity index (χ1v) is 11.9. The van der Waals surface area contributed by atoms with Crippen molar-refractivity contribution in [1.82, 2.24) is 0 Å². The summed E-state index contributed by atoms with van der Waals surface area (Å²) in [5, 5.41) is 38.1. The van der Waals surface area contributed by atoms with Gasteiger partial charge in [-0.1, -0.05) is 55.4 Å². The van der Waals surface area contributed by atoms with Gasteiger partial charge in [-0.25, -0.2) is 0 Å². The van der Waals surface area contributed by atoms with Crippen LogP contribution in [0.3, 0.4) is 0 Å². The Balaban J connectivity index is -0.0000000386. The van der Waals surface area contributed by atoms with E-state index < -0.39 is 49.6 Å². The van der Waals surface area contributed by atoms with Crippen molar-refractivity contribution in [3.05, 3.63) is 0 Å². The molecule has 0 saturated carbocycles. The summed E-state index contributed by atoms with van der Waals surface area (Å²) in [6, 6.07) is 0. The van der Waals surface area contributed by atoms with Gasteiger partial charge in [-0.05, 0) is 0 Å². The molecular weight excluding hydrogens is 695 g/mol. The molecule has 158 valence electrons. The Morgan fingerprint density at radius 1 is 0.444 bits per heavy atom. The molecule has 0 aromatic carbocycles. The van der Waals surface area contributed by atoms with Gasteiger partial charge in [-0.3, -0.25) is 0 Å². The summed E-state index contributed by atoms with van der Waals surface area (Å²) in [6.07, 6.45) is -0.959. The van der Waals surface area contributed by atoms with E-state index in [0.29, 0.717) is 12.2 Å². The standard InChI is InChI=1S/6C3H7O.Pb.2Sr/c6*1-3(2)4;;;/h6*3H,1-2H3;;;/q6*-1;3*+2. The van der Waals surface area contributed by atoms with Crippen molar-refractivity contribution in [1.29, 1.82) is 0 Å². The molecule has 0 bridgehead atoms. The molecule has 0 aromatic rings. The van der Waals surface area contributed by atoms with Crippen molar-refractivity contribution in [3.8, 4) is 0 Å². The van der Waals surface area contributed by atoms with Crippen LogP contribution in [0.4, 0.5) is 0 Å². The van der Waals surface area contributed by atoms with Crippen molar-refractivity contribution in [2.24, 2.45) is 0 Å². The minimum absolute atomic E-state index is 0. The Labute approximate surface area is 257 Å². The van der Waals surface area contributed by atoms with Gasteiger partial charge < -0.3 is 20.4 Å². The average molecular weight is 737 g/mol. The zero-order valence-corrected chi connectivity index (χ0v) is 30.7. The van der Waals surface area contributed by atoms with Crippen LogP contribution in [0.5, 0.6) is 0 Å². The molecule has 0 fully saturated rings. The summed E-state index contributed by atoms with van der Waals surface area (Å²) < 4.78 is 10.6. The molecule has 0 atom stereocenters. The van der Waals surface area contributed by atoms with Gasteiger partial charge in [-0.2, -0.15) is 0 Å². The molecule has 0 saturated heterocycles. The van der Waals surface area contributed by atoms with E-state index in [1.807, 2.05) is 27.7 Å². The van der Waals surface area contributed by atoms with Crippen LogP contribution >= 0.6 is 0 Å². The van der Waals surface area contributed by atoms with Gasteiger partial charge in [0.2, 0.25) is 0 Å². The summed E-state index contributed by atoms with van der Waals surface area (Å²) in [7, 11) is 0. The third kappa shape index (κ3) is 244. The van der Waals surface area contributed by atoms with Crippen LogP contribution in [0.2, 0.25) is 0 Å². The quantitative estimate of drug-likeness (QED) is 0.365. The molecule has 0 aliphatic heterocycles. The van der Waals surface area contributed by atoms with Crippen LogP contribution < -0.4 is 20.4 Å². The van der Waals surface area contributed by atoms with Gasteiger partial charge in [0.05, 0.1) is 0 Å². The van der Waals surface area contributed by atoms with Gasteiger partial charge in [0, 0.05) is 0 Å². The van der Waals surface area contributed by atoms with Gasteiger partial charge >= 0.3 is 161 Å². The third-order valence-corrected chi connectivity index (χ3v) is 4.98. The van der Waals surface area contributed by atoms with Gasteiger partial charge in [0.25, 0.3) is 0 Å². The fraction of sp³-hybridized carbons (Fsp3) is 1.00. The van der Waals surface area contributed by atoms with Crippen molar-refractivity contribution < 1.29 is 25.8 Å². The summed E-state index contributed by atoms with van der Waals surface area (Å²) in [5.74, 6) is 0. The molecule has 9 heteroatoms. The minimum Gasteiger partial charge on any atom is 2.00 e. The monoisotopic (exact) mass is 738 g/mol. The molecule has 0 spiro atoms. The maximum atomic E-state index is 9.53. The number of hydrogen-bond donors (Lipinski definition) is 0. The van der Waals surface area contributed by atoms with Crippen LogP contribution in [0.25, 0.3) is 0 Å². The molecule has 2 radical (unpaired) electrons. The first kappa shape index (κ1) is 48.2. The SMILES string of the molecule is CC(C)[O-].CC(C)[O-].CC(C)[O-].CC(C)[O-].CC(C)[O][Pb][O]C(C)C.[Sr+2].[Sr+2]. The number of rotatable bonds is 4. The molecule has 0 rings (SSSR count). The van der Waals surface area contributed by atoms with E-state index in [1.165, 1.54) is 0 Å².